The molecule has 0 saturated heterocycles. The fourth-order valence-corrected chi connectivity index (χ4v) is 4.67. The average Bonchev–Trinajstić information content (AvgIpc) is 2.76. The molecule has 0 unspecified atom stereocenters. The summed E-state index contributed by atoms with van der Waals surface area (Å²) in [5.74, 6) is 0.494. The van der Waals surface area contributed by atoms with Gasteiger partial charge in [0.15, 0.2) is 0 Å². The molecule has 1 amide bonds. The summed E-state index contributed by atoms with van der Waals surface area (Å²) < 4.78 is 26.6. The highest BCUT2D eigenvalue weighted by Gasteiger charge is 2.21. The highest BCUT2D eigenvalue weighted by molar-refractivity contribution is 7.92. The van der Waals surface area contributed by atoms with Crippen LogP contribution in [0.25, 0.3) is 11.1 Å². The molecule has 0 fully saturated rings. The number of hydrogen-bond donors (Lipinski definition) is 1. The molecular formula is C25H36N2O3S. The second-order valence-corrected chi connectivity index (χ2v) is 9.95. The third kappa shape index (κ3) is 8.02. The zero-order valence-electron chi connectivity index (χ0n) is 19.0. The molecule has 2 aromatic rings. The Morgan fingerprint density at radius 3 is 2.32 bits per heavy atom. The normalized spacial score (nSPS) is 12.4. The molecule has 170 valence electrons. The van der Waals surface area contributed by atoms with Crippen LogP contribution >= 0.6 is 0 Å². The van der Waals surface area contributed by atoms with E-state index in [-0.39, 0.29) is 12.5 Å². The zero-order chi connectivity index (χ0) is 22.7. The lowest BCUT2D eigenvalue weighted by Crippen LogP contribution is -2.33. The maximum absolute atomic E-state index is 12.6. The smallest absolute Gasteiger partial charge is 0.232 e. The van der Waals surface area contributed by atoms with E-state index in [1.54, 1.807) is 0 Å². The van der Waals surface area contributed by atoms with Crippen molar-refractivity contribution in [2.45, 2.75) is 52.4 Å². The van der Waals surface area contributed by atoms with Gasteiger partial charge in [0, 0.05) is 25.1 Å². The Labute approximate surface area is 187 Å². The number of nitrogens with one attached hydrogen (secondary N) is 1. The van der Waals surface area contributed by atoms with Gasteiger partial charge in [0.1, 0.15) is 0 Å². The Bertz CT molecular complexity index is 913. The predicted molar refractivity (Wildman–Crippen MR) is 130 cm³/mol. The number of benzene rings is 2. The number of unbranched alkanes of at least 4 members (excludes halogenated alkanes) is 1. The van der Waals surface area contributed by atoms with Crippen molar-refractivity contribution in [3.05, 3.63) is 54.6 Å². The molecule has 0 saturated carbocycles. The van der Waals surface area contributed by atoms with Crippen LogP contribution < -0.4 is 9.62 Å². The second-order valence-electron chi connectivity index (χ2n) is 8.04. The van der Waals surface area contributed by atoms with Gasteiger partial charge in [-0.3, -0.25) is 9.10 Å². The van der Waals surface area contributed by atoms with Crippen molar-refractivity contribution in [1.29, 1.82) is 0 Å². The van der Waals surface area contributed by atoms with Gasteiger partial charge in [0.25, 0.3) is 0 Å². The van der Waals surface area contributed by atoms with Crippen LogP contribution in [0, 0.1) is 5.92 Å². The monoisotopic (exact) mass is 444 g/mol. The highest BCUT2D eigenvalue weighted by Crippen LogP contribution is 2.32. The van der Waals surface area contributed by atoms with Gasteiger partial charge in [0.2, 0.25) is 15.9 Å². The first-order valence-corrected chi connectivity index (χ1v) is 13.1. The van der Waals surface area contributed by atoms with Crippen LogP contribution in [-0.2, 0) is 14.8 Å². The van der Waals surface area contributed by atoms with Gasteiger partial charge in [0.05, 0.1) is 11.9 Å². The average molecular weight is 445 g/mol. The van der Waals surface area contributed by atoms with Crippen LogP contribution in [0.3, 0.4) is 0 Å². The topological polar surface area (TPSA) is 66.5 Å². The fraction of sp³-hybridized carbons (Fsp3) is 0.480. The van der Waals surface area contributed by atoms with Gasteiger partial charge < -0.3 is 5.32 Å². The minimum absolute atomic E-state index is 0.0141. The lowest BCUT2D eigenvalue weighted by atomic mass is 9.99. The number of amides is 1. The summed E-state index contributed by atoms with van der Waals surface area (Å²) in [5, 5.41) is 3.03. The van der Waals surface area contributed by atoms with Crippen molar-refractivity contribution in [3.8, 4) is 11.1 Å². The van der Waals surface area contributed by atoms with Gasteiger partial charge in [-0.2, -0.15) is 0 Å². The minimum atomic E-state index is -3.48. The molecule has 5 nitrogen and oxygen atoms in total. The largest absolute Gasteiger partial charge is 0.356 e. The van der Waals surface area contributed by atoms with Crippen molar-refractivity contribution in [2.75, 3.05) is 23.7 Å². The summed E-state index contributed by atoms with van der Waals surface area (Å²) in [4.78, 5) is 12.3. The van der Waals surface area contributed by atoms with Gasteiger partial charge in [-0.15, -0.1) is 0 Å². The number of sulfonamides is 1. The van der Waals surface area contributed by atoms with E-state index < -0.39 is 10.0 Å². The van der Waals surface area contributed by atoms with Gasteiger partial charge >= 0.3 is 0 Å². The van der Waals surface area contributed by atoms with E-state index in [2.05, 4.69) is 19.2 Å². The molecule has 0 aromatic heterocycles. The number of carbonyl (C=O) groups excluding carboxylic acids is 1. The molecule has 0 aliphatic rings. The van der Waals surface area contributed by atoms with E-state index in [0.29, 0.717) is 31.0 Å². The fourth-order valence-electron chi connectivity index (χ4n) is 3.69. The van der Waals surface area contributed by atoms with Gasteiger partial charge in [-0.05, 0) is 30.4 Å². The van der Waals surface area contributed by atoms with Crippen LogP contribution in [0.2, 0.25) is 0 Å². The van der Waals surface area contributed by atoms with E-state index in [4.69, 9.17) is 0 Å². The van der Waals surface area contributed by atoms with Gasteiger partial charge in [-0.25, -0.2) is 8.42 Å². The predicted octanol–water partition coefficient (Wildman–Crippen LogP) is 5.23. The minimum Gasteiger partial charge on any atom is -0.356 e. The number of hydrogen-bond acceptors (Lipinski definition) is 3. The SMILES string of the molecule is CCCC[C@@H](CC)CNC(=O)CCCN(c1ccccc1-c1ccccc1)S(C)(=O)=O. The number of anilines is 1. The summed E-state index contributed by atoms with van der Waals surface area (Å²) in [6.07, 6.45) is 6.52. The zero-order valence-corrected chi connectivity index (χ0v) is 19.8. The molecule has 0 radical (unpaired) electrons. The van der Waals surface area contributed by atoms with E-state index in [1.807, 2.05) is 54.6 Å². The van der Waals surface area contributed by atoms with E-state index in [9.17, 15) is 13.2 Å². The van der Waals surface area contributed by atoms with Crippen LogP contribution in [0.5, 0.6) is 0 Å². The first-order valence-electron chi connectivity index (χ1n) is 11.3. The Kier molecular flexibility index (Phi) is 10.0. The van der Waals surface area contributed by atoms with Crippen LogP contribution in [0.4, 0.5) is 5.69 Å². The summed E-state index contributed by atoms with van der Waals surface area (Å²) in [7, 11) is -3.48. The summed E-state index contributed by atoms with van der Waals surface area (Å²) in [5.41, 5.74) is 2.46. The standard InChI is InChI=1S/C25H36N2O3S/c1-4-6-13-21(5-2)20-26-25(28)18-12-19-27(31(3,29)30)24-17-11-10-16-23(24)22-14-8-7-9-15-22/h7-11,14-17,21H,4-6,12-13,18-20H2,1-3H3,(H,26,28)/t21-/m1/s1. The molecule has 31 heavy (non-hydrogen) atoms. The molecule has 2 rings (SSSR count). The molecule has 0 aliphatic carbocycles. The maximum Gasteiger partial charge on any atom is 0.232 e. The second kappa shape index (κ2) is 12.5. The number of nitrogens with zero attached hydrogens (tertiary/aromatic N) is 1. The van der Waals surface area contributed by atoms with Crippen LogP contribution in [-0.4, -0.2) is 33.7 Å². The Balaban J connectivity index is 2.03. The van der Waals surface area contributed by atoms with Gasteiger partial charge in [-0.1, -0.05) is 81.6 Å². The van der Waals surface area contributed by atoms with Crippen LogP contribution in [0.15, 0.2) is 54.6 Å². The summed E-state index contributed by atoms with van der Waals surface area (Å²) in [6, 6.07) is 17.2. The van der Waals surface area contributed by atoms with E-state index >= 15 is 0 Å². The quantitative estimate of drug-likeness (QED) is 0.460. The van der Waals surface area contributed by atoms with Crippen molar-refractivity contribution in [2.24, 2.45) is 5.92 Å². The highest BCUT2D eigenvalue weighted by atomic mass is 32.2. The molecule has 0 spiro atoms. The number of para-hydroxylation sites is 1. The third-order valence-electron chi connectivity index (χ3n) is 5.55. The molecule has 0 aliphatic heterocycles. The Morgan fingerprint density at radius 1 is 1.00 bits per heavy atom. The molecular weight excluding hydrogens is 408 g/mol. The third-order valence-corrected chi connectivity index (χ3v) is 6.73. The molecule has 1 N–H and O–H groups in total. The van der Waals surface area contributed by atoms with Crippen molar-refractivity contribution < 1.29 is 13.2 Å². The van der Waals surface area contributed by atoms with E-state index in [1.165, 1.54) is 17.0 Å². The summed E-state index contributed by atoms with van der Waals surface area (Å²) in [6.45, 7) is 5.29. The first-order chi connectivity index (χ1) is 14.9. The first kappa shape index (κ1) is 24.9. The molecule has 0 bridgehead atoms. The lowest BCUT2D eigenvalue weighted by Gasteiger charge is -2.25. The number of rotatable bonds is 13. The number of carbonyl (C=O) groups is 1. The molecule has 1 atom stereocenters. The lowest BCUT2D eigenvalue weighted by molar-refractivity contribution is -0.121. The van der Waals surface area contributed by atoms with Crippen molar-refractivity contribution in [1.82, 2.24) is 5.32 Å². The molecule has 0 heterocycles. The van der Waals surface area contributed by atoms with Crippen molar-refractivity contribution in [3.63, 3.8) is 0 Å². The van der Waals surface area contributed by atoms with Crippen LogP contribution in [0.1, 0.15) is 52.4 Å². The Morgan fingerprint density at radius 2 is 1.68 bits per heavy atom. The van der Waals surface area contributed by atoms with E-state index in [0.717, 1.165) is 30.4 Å². The van der Waals surface area contributed by atoms with Crippen molar-refractivity contribution >= 4 is 21.6 Å². The maximum atomic E-state index is 12.6. The Hall–Kier alpha value is -2.34. The summed E-state index contributed by atoms with van der Waals surface area (Å²) >= 11 is 0. The molecule has 2 aromatic carbocycles. The molecule has 6 heteroatoms.